The van der Waals surface area contributed by atoms with Gasteiger partial charge in [-0.25, -0.2) is 0 Å². The largest absolute Gasteiger partial charge is 0.504 e. The Balaban J connectivity index is 2.46. The number of piperidine rings is 1. The Kier molecular flexibility index (Phi) is 3.79. The third-order valence-corrected chi connectivity index (χ3v) is 3.87. The van der Waals surface area contributed by atoms with Gasteiger partial charge in [-0.05, 0) is 44.3 Å². The van der Waals surface area contributed by atoms with E-state index in [-0.39, 0.29) is 5.75 Å². The summed E-state index contributed by atoms with van der Waals surface area (Å²) in [6.07, 6.45) is 2.05. The van der Waals surface area contributed by atoms with Crippen molar-refractivity contribution in [3.63, 3.8) is 0 Å². The summed E-state index contributed by atoms with van der Waals surface area (Å²) >= 11 is 6.18. The van der Waals surface area contributed by atoms with E-state index >= 15 is 0 Å². The average Bonchev–Trinajstić information content (AvgIpc) is 2.35. The molecular weight excluding hydrogens is 238 g/mol. The zero-order chi connectivity index (χ0) is 12.4. The minimum absolute atomic E-state index is 0.251. The first-order valence-corrected chi connectivity index (χ1v) is 6.29. The van der Waals surface area contributed by atoms with E-state index in [2.05, 4.69) is 5.32 Å². The fourth-order valence-electron chi connectivity index (χ4n) is 2.50. The highest BCUT2D eigenvalue weighted by Crippen LogP contribution is 2.43. The van der Waals surface area contributed by atoms with E-state index in [1.807, 2.05) is 6.92 Å². The van der Waals surface area contributed by atoms with Crippen LogP contribution in [0.3, 0.4) is 0 Å². The number of nitrogens with one attached hydrogen (secondary N) is 1. The highest BCUT2D eigenvalue weighted by molar-refractivity contribution is 6.31. The monoisotopic (exact) mass is 255 g/mol. The summed E-state index contributed by atoms with van der Waals surface area (Å²) in [5, 5.41) is 14.2. The summed E-state index contributed by atoms with van der Waals surface area (Å²) < 4.78 is 5.16. The molecule has 1 aromatic carbocycles. The van der Waals surface area contributed by atoms with E-state index in [0.29, 0.717) is 16.7 Å². The Morgan fingerprint density at radius 2 is 2.06 bits per heavy atom. The molecule has 0 atom stereocenters. The van der Waals surface area contributed by atoms with Gasteiger partial charge >= 0.3 is 0 Å². The van der Waals surface area contributed by atoms with Crippen molar-refractivity contribution >= 4 is 11.6 Å². The van der Waals surface area contributed by atoms with E-state index in [9.17, 15) is 5.11 Å². The zero-order valence-electron chi connectivity index (χ0n) is 10.2. The van der Waals surface area contributed by atoms with Crippen molar-refractivity contribution in [2.24, 2.45) is 0 Å². The molecule has 94 valence electrons. The lowest BCUT2D eigenvalue weighted by atomic mass is 9.86. The summed E-state index contributed by atoms with van der Waals surface area (Å²) in [5.41, 5.74) is 1.92. The van der Waals surface area contributed by atoms with Crippen LogP contribution in [0.1, 0.15) is 29.9 Å². The van der Waals surface area contributed by atoms with Gasteiger partial charge in [0, 0.05) is 16.7 Å². The molecule has 2 N–H and O–H groups in total. The second-order valence-electron chi connectivity index (χ2n) is 4.47. The quantitative estimate of drug-likeness (QED) is 0.854. The van der Waals surface area contributed by atoms with Gasteiger partial charge in [0.1, 0.15) is 0 Å². The predicted octanol–water partition coefficient (Wildman–Crippen LogP) is 2.83. The minimum atomic E-state index is 0.251. The van der Waals surface area contributed by atoms with Gasteiger partial charge in [0.25, 0.3) is 0 Å². The second kappa shape index (κ2) is 5.15. The molecule has 0 aromatic heterocycles. The third-order valence-electron chi connectivity index (χ3n) is 3.48. The molecule has 1 aliphatic rings. The molecule has 4 heteroatoms. The third kappa shape index (κ3) is 2.35. The zero-order valence-corrected chi connectivity index (χ0v) is 11.0. The second-order valence-corrected chi connectivity index (χ2v) is 4.88. The Bertz CT molecular complexity index is 414. The fourth-order valence-corrected chi connectivity index (χ4v) is 2.70. The van der Waals surface area contributed by atoms with Crippen LogP contribution in [0.2, 0.25) is 5.02 Å². The molecular formula is C13H18ClNO2. The first kappa shape index (κ1) is 12.5. The molecule has 0 amide bonds. The molecule has 0 saturated carbocycles. The minimum Gasteiger partial charge on any atom is -0.504 e. The summed E-state index contributed by atoms with van der Waals surface area (Å²) in [7, 11) is 1.55. The number of rotatable bonds is 2. The number of halogens is 1. The van der Waals surface area contributed by atoms with E-state index < -0.39 is 0 Å². The number of benzene rings is 1. The molecule has 2 rings (SSSR count). The maximum absolute atomic E-state index is 10.2. The van der Waals surface area contributed by atoms with Gasteiger partial charge in [-0.15, -0.1) is 0 Å². The standard InChI is InChI=1S/C13H18ClNO2/c1-8-10(14)7-11(17-2)13(16)12(8)9-3-5-15-6-4-9/h7,9,15-16H,3-6H2,1-2H3. The predicted molar refractivity (Wildman–Crippen MR) is 69.3 cm³/mol. The van der Waals surface area contributed by atoms with Crippen LogP contribution in [0.15, 0.2) is 6.07 Å². The lowest BCUT2D eigenvalue weighted by Crippen LogP contribution is -2.27. The molecule has 17 heavy (non-hydrogen) atoms. The molecule has 0 spiro atoms. The van der Waals surface area contributed by atoms with Crippen LogP contribution in [-0.2, 0) is 0 Å². The van der Waals surface area contributed by atoms with Crippen LogP contribution < -0.4 is 10.1 Å². The number of phenolic OH excluding ortho intramolecular Hbond substituents is 1. The summed E-state index contributed by atoms with van der Waals surface area (Å²) in [6.45, 7) is 3.93. The molecule has 1 aliphatic heterocycles. The van der Waals surface area contributed by atoms with Crippen LogP contribution >= 0.6 is 11.6 Å². The summed E-state index contributed by atoms with van der Waals surface area (Å²) in [5.74, 6) is 1.08. The van der Waals surface area contributed by atoms with Crippen LogP contribution in [0.4, 0.5) is 0 Å². The van der Waals surface area contributed by atoms with Crippen LogP contribution in [0, 0.1) is 6.92 Å². The fraction of sp³-hybridized carbons (Fsp3) is 0.538. The lowest BCUT2D eigenvalue weighted by molar-refractivity contribution is 0.362. The molecule has 0 aliphatic carbocycles. The van der Waals surface area contributed by atoms with E-state index in [1.165, 1.54) is 0 Å². The Morgan fingerprint density at radius 3 is 2.65 bits per heavy atom. The number of methoxy groups -OCH3 is 1. The number of aromatic hydroxyl groups is 1. The maximum atomic E-state index is 10.2. The van der Waals surface area contributed by atoms with Gasteiger partial charge in [0.15, 0.2) is 11.5 Å². The van der Waals surface area contributed by atoms with Gasteiger partial charge in [-0.1, -0.05) is 11.6 Å². The maximum Gasteiger partial charge on any atom is 0.162 e. The van der Waals surface area contributed by atoms with Crippen molar-refractivity contribution in [3.8, 4) is 11.5 Å². The van der Waals surface area contributed by atoms with Gasteiger partial charge in [-0.2, -0.15) is 0 Å². The van der Waals surface area contributed by atoms with Gasteiger partial charge < -0.3 is 15.2 Å². The van der Waals surface area contributed by atoms with Crippen LogP contribution in [0.25, 0.3) is 0 Å². The first-order chi connectivity index (χ1) is 8.15. The van der Waals surface area contributed by atoms with Gasteiger partial charge in [-0.3, -0.25) is 0 Å². The van der Waals surface area contributed by atoms with Gasteiger partial charge in [0.2, 0.25) is 0 Å². The van der Waals surface area contributed by atoms with Crippen molar-refractivity contribution < 1.29 is 9.84 Å². The molecule has 1 saturated heterocycles. The van der Waals surface area contributed by atoms with Crippen molar-refractivity contribution in [1.82, 2.24) is 5.32 Å². The normalized spacial score (nSPS) is 17.1. The van der Waals surface area contributed by atoms with Crippen molar-refractivity contribution in [2.45, 2.75) is 25.7 Å². The summed E-state index contributed by atoms with van der Waals surface area (Å²) in [6, 6.07) is 1.68. The number of hydrogen-bond acceptors (Lipinski definition) is 3. The Hall–Kier alpha value is -0.930. The Morgan fingerprint density at radius 1 is 1.41 bits per heavy atom. The number of phenols is 1. The van der Waals surface area contributed by atoms with Crippen molar-refractivity contribution in [2.75, 3.05) is 20.2 Å². The van der Waals surface area contributed by atoms with E-state index in [1.54, 1.807) is 13.2 Å². The molecule has 1 heterocycles. The van der Waals surface area contributed by atoms with Gasteiger partial charge in [0.05, 0.1) is 7.11 Å². The average molecular weight is 256 g/mol. The number of hydrogen-bond donors (Lipinski definition) is 2. The van der Waals surface area contributed by atoms with Crippen molar-refractivity contribution in [3.05, 3.63) is 22.2 Å². The topological polar surface area (TPSA) is 41.5 Å². The Labute approximate surface area is 107 Å². The van der Waals surface area contributed by atoms with E-state index in [4.69, 9.17) is 16.3 Å². The van der Waals surface area contributed by atoms with E-state index in [0.717, 1.165) is 37.1 Å². The summed E-state index contributed by atoms with van der Waals surface area (Å²) in [4.78, 5) is 0. The molecule has 3 nitrogen and oxygen atoms in total. The van der Waals surface area contributed by atoms with Crippen LogP contribution in [-0.4, -0.2) is 25.3 Å². The van der Waals surface area contributed by atoms with Crippen molar-refractivity contribution in [1.29, 1.82) is 0 Å². The molecule has 1 aromatic rings. The molecule has 0 radical (unpaired) electrons. The smallest absolute Gasteiger partial charge is 0.162 e. The lowest BCUT2D eigenvalue weighted by Gasteiger charge is -2.26. The highest BCUT2D eigenvalue weighted by atomic mass is 35.5. The number of ether oxygens (including phenoxy) is 1. The highest BCUT2D eigenvalue weighted by Gasteiger charge is 2.24. The SMILES string of the molecule is COc1cc(Cl)c(C)c(C2CCNCC2)c1O. The molecule has 1 fully saturated rings. The van der Waals surface area contributed by atoms with Crippen LogP contribution in [0.5, 0.6) is 11.5 Å². The molecule has 0 bridgehead atoms. The molecule has 0 unspecified atom stereocenters. The first-order valence-electron chi connectivity index (χ1n) is 5.91.